The van der Waals surface area contributed by atoms with Gasteiger partial charge in [0.15, 0.2) is 0 Å². The monoisotopic (exact) mass is 283 g/mol. The minimum absolute atomic E-state index is 0.0735. The summed E-state index contributed by atoms with van der Waals surface area (Å²) in [4.78, 5) is 14.7. The summed E-state index contributed by atoms with van der Waals surface area (Å²) in [6.07, 6.45) is 0. The third-order valence-electron chi connectivity index (χ3n) is 3.47. The predicted molar refractivity (Wildman–Crippen MR) is 76.1 cm³/mol. The van der Waals surface area contributed by atoms with Gasteiger partial charge in [-0.25, -0.2) is 0 Å². The zero-order valence-corrected chi connectivity index (χ0v) is 13.1. The Labute approximate surface area is 114 Å². The van der Waals surface area contributed by atoms with Gasteiger partial charge in [-0.2, -0.15) is 0 Å². The molecule has 0 saturated heterocycles. The summed E-state index contributed by atoms with van der Waals surface area (Å²) in [7, 11) is -1.96. The van der Waals surface area contributed by atoms with Crippen molar-refractivity contribution in [3.05, 3.63) is 39.9 Å². The Morgan fingerprint density at radius 1 is 1.26 bits per heavy atom. The number of nitrogens with zero attached hydrogens (tertiary/aromatic N) is 1. The Morgan fingerprint density at radius 2 is 1.84 bits per heavy atom. The summed E-state index contributed by atoms with van der Waals surface area (Å²) in [6, 6.07) is 7.29. The van der Waals surface area contributed by atoms with Gasteiger partial charge in [0.1, 0.15) is 12.4 Å². The van der Waals surface area contributed by atoms with Crippen LogP contribution in [-0.4, -0.2) is 13.4 Å². The topological polar surface area (TPSA) is 61.6 Å². The molecule has 0 N–H and O–H groups in total. The van der Waals surface area contributed by atoms with Crippen LogP contribution in [0, 0.1) is 10.1 Å². The van der Waals surface area contributed by atoms with Crippen molar-refractivity contribution in [2.24, 2.45) is 0 Å². The van der Waals surface area contributed by atoms with Gasteiger partial charge in [0.25, 0.3) is 5.09 Å². The molecule has 1 aromatic carbocycles. The summed E-state index contributed by atoms with van der Waals surface area (Å²) in [5, 5.41) is 9.56. The minimum Gasteiger partial charge on any atom is -0.543 e. The average molecular weight is 283 g/mol. The van der Waals surface area contributed by atoms with Crippen LogP contribution in [0.1, 0.15) is 26.3 Å². The fraction of sp³-hybridized carbons (Fsp3) is 0.538. The van der Waals surface area contributed by atoms with Crippen molar-refractivity contribution in [2.45, 2.75) is 45.5 Å². The van der Waals surface area contributed by atoms with Gasteiger partial charge in [-0.3, -0.25) is 0 Å². The first-order valence-corrected chi connectivity index (χ1v) is 9.08. The molecule has 0 unspecified atom stereocenters. The number of rotatable bonds is 5. The highest BCUT2D eigenvalue weighted by Gasteiger charge is 2.39. The molecular weight excluding hydrogens is 262 g/mol. The van der Waals surface area contributed by atoms with Gasteiger partial charge in [0, 0.05) is 5.56 Å². The molecule has 0 heterocycles. The molecule has 0 amide bonds. The highest BCUT2D eigenvalue weighted by atomic mass is 28.4. The van der Waals surface area contributed by atoms with E-state index in [4.69, 9.17) is 4.43 Å². The standard InChI is InChI=1S/C13H21NO4Si/c1-13(2,3)19(4,5)18-12-9-7-6-8-11(12)10-17-14(15)16/h6-9H,10H2,1-5H3. The Balaban J connectivity index is 2.92. The number of hydrogen-bond donors (Lipinski definition) is 0. The maximum absolute atomic E-state index is 10.3. The zero-order valence-electron chi connectivity index (χ0n) is 12.1. The lowest BCUT2D eigenvalue weighted by Crippen LogP contribution is -2.44. The first-order chi connectivity index (χ1) is 8.63. The second-order valence-corrected chi connectivity index (χ2v) is 10.7. The summed E-state index contributed by atoms with van der Waals surface area (Å²) in [6.45, 7) is 10.6. The third kappa shape index (κ3) is 4.24. The van der Waals surface area contributed by atoms with Gasteiger partial charge in [0.2, 0.25) is 8.32 Å². The van der Waals surface area contributed by atoms with E-state index in [0.717, 1.165) is 0 Å². The minimum atomic E-state index is -1.96. The fourth-order valence-electron chi connectivity index (χ4n) is 1.27. The summed E-state index contributed by atoms with van der Waals surface area (Å²) < 4.78 is 6.17. The van der Waals surface area contributed by atoms with E-state index in [1.807, 2.05) is 18.2 Å². The van der Waals surface area contributed by atoms with Gasteiger partial charge < -0.3 is 9.26 Å². The van der Waals surface area contributed by atoms with Crippen molar-refractivity contribution in [1.82, 2.24) is 0 Å². The Hall–Kier alpha value is -1.56. The molecule has 1 aromatic rings. The van der Waals surface area contributed by atoms with Crippen molar-refractivity contribution in [1.29, 1.82) is 0 Å². The van der Waals surface area contributed by atoms with Crippen molar-refractivity contribution in [3.8, 4) is 5.75 Å². The Morgan fingerprint density at radius 3 is 2.37 bits per heavy atom. The van der Waals surface area contributed by atoms with Crippen LogP contribution in [0.25, 0.3) is 0 Å². The van der Waals surface area contributed by atoms with Gasteiger partial charge >= 0.3 is 0 Å². The molecule has 19 heavy (non-hydrogen) atoms. The van der Waals surface area contributed by atoms with Crippen LogP contribution in [0.3, 0.4) is 0 Å². The lowest BCUT2D eigenvalue weighted by molar-refractivity contribution is -0.763. The molecule has 106 valence electrons. The van der Waals surface area contributed by atoms with Crippen molar-refractivity contribution in [3.63, 3.8) is 0 Å². The summed E-state index contributed by atoms with van der Waals surface area (Å²) in [5.74, 6) is 0.677. The third-order valence-corrected chi connectivity index (χ3v) is 7.81. The van der Waals surface area contributed by atoms with E-state index in [1.54, 1.807) is 6.07 Å². The van der Waals surface area contributed by atoms with Crippen molar-refractivity contribution in [2.75, 3.05) is 0 Å². The Kier molecular flexibility index (Phi) is 4.57. The molecule has 0 spiro atoms. The highest BCUT2D eigenvalue weighted by Crippen LogP contribution is 2.38. The molecule has 0 aliphatic rings. The highest BCUT2D eigenvalue weighted by molar-refractivity contribution is 6.74. The normalized spacial score (nSPS) is 12.1. The second-order valence-electron chi connectivity index (χ2n) is 5.97. The molecule has 0 fully saturated rings. The first kappa shape index (κ1) is 15.5. The SMILES string of the molecule is CC(C)(C)[Si](C)(C)Oc1ccccc1CO[N+](=O)[O-]. The van der Waals surface area contributed by atoms with Crippen LogP contribution in [0.5, 0.6) is 5.75 Å². The molecule has 0 bridgehead atoms. The number of para-hydroxylation sites is 1. The van der Waals surface area contributed by atoms with Crippen LogP contribution in [0.15, 0.2) is 24.3 Å². The van der Waals surface area contributed by atoms with E-state index in [1.165, 1.54) is 0 Å². The molecule has 1 rings (SSSR count). The van der Waals surface area contributed by atoms with E-state index in [0.29, 0.717) is 11.3 Å². The van der Waals surface area contributed by atoms with E-state index < -0.39 is 13.4 Å². The lowest BCUT2D eigenvalue weighted by Gasteiger charge is -2.37. The predicted octanol–water partition coefficient (Wildman–Crippen LogP) is 3.78. The van der Waals surface area contributed by atoms with Crippen LogP contribution < -0.4 is 4.43 Å². The molecule has 0 aliphatic heterocycles. The van der Waals surface area contributed by atoms with E-state index in [9.17, 15) is 10.1 Å². The van der Waals surface area contributed by atoms with Gasteiger partial charge in [0.05, 0.1) is 0 Å². The number of benzene rings is 1. The first-order valence-electron chi connectivity index (χ1n) is 6.18. The zero-order chi connectivity index (χ0) is 14.7. The van der Waals surface area contributed by atoms with Crippen molar-refractivity contribution >= 4 is 8.32 Å². The van der Waals surface area contributed by atoms with Crippen LogP contribution in [0.2, 0.25) is 18.1 Å². The van der Waals surface area contributed by atoms with Gasteiger partial charge in [-0.15, -0.1) is 10.1 Å². The number of hydrogen-bond acceptors (Lipinski definition) is 4. The van der Waals surface area contributed by atoms with Crippen LogP contribution in [0.4, 0.5) is 0 Å². The quantitative estimate of drug-likeness (QED) is 0.468. The van der Waals surface area contributed by atoms with E-state index >= 15 is 0 Å². The largest absolute Gasteiger partial charge is 0.543 e. The maximum Gasteiger partial charge on any atom is 0.294 e. The maximum atomic E-state index is 10.3. The van der Waals surface area contributed by atoms with Gasteiger partial charge in [-0.05, 0) is 24.2 Å². The van der Waals surface area contributed by atoms with Crippen LogP contribution in [-0.2, 0) is 11.4 Å². The van der Waals surface area contributed by atoms with Crippen LogP contribution >= 0.6 is 0 Å². The molecule has 0 saturated carbocycles. The molecule has 6 heteroatoms. The molecular formula is C13H21NO4Si. The van der Waals surface area contributed by atoms with Gasteiger partial charge in [-0.1, -0.05) is 39.0 Å². The van der Waals surface area contributed by atoms with E-state index in [-0.39, 0.29) is 11.6 Å². The lowest BCUT2D eigenvalue weighted by atomic mass is 10.2. The summed E-state index contributed by atoms with van der Waals surface area (Å²) in [5.41, 5.74) is 0.698. The molecule has 0 atom stereocenters. The smallest absolute Gasteiger partial charge is 0.294 e. The van der Waals surface area contributed by atoms with Crippen molar-refractivity contribution < 1.29 is 14.4 Å². The molecule has 0 aromatic heterocycles. The summed E-state index contributed by atoms with van der Waals surface area (Å²) >= 11 is 0. The average Bonchev–Trinajstić information content (AvgIpc) is 2.25. The molecule has 0 radical (unpaired) electrons. The molecule has 0 aliphatic carbocycles. The van der Waals surface area contributed by atoms with E-state index in [2.05, 4.69) is 38.7 Å². The molecule has 5 nitrogen and oxygen atoms in total. The Bertz CT molecular complexity index is 454. The second kappa shape index (κ2) is 5.60. The fourth-order valence-corrected chi connectivity index (χ4v) is 2.33.